The molecular formula is C15H19NO3. The first-order chi connectivity index (χ1) is 9.02. The van der Waals surface area contributed by atoms with Crippen molar-refractivity contribution in [2.45, 2.75) is 25.4 Å². The van der Waals surface area contributed by atoms with Gasteiger partial charge in [0.25, 0.3) is 0 Å². The highest BCUT2D eigenvalue weighted by Gasteiger charge is 2.41. The number of likely N-dealkylation sites (tertiary alicyclic amines) is 1. The summed E-state index contributed by atoms with van der Waals surface area (Å²) in [7, 11) is 0. The Hall–Kier alpha value is -1.81. The maximum Gasteiger partial charge on any atom is 0.246 e. The fourth-order valence-corrected chi connectivity index (χ4v) is 2.30. The number of phenols is 1. The van der Waals surface area contributed by atoms with E-state index in [2.05, 4.69) is 0 Å². The Labute approximate surface area is 113 Å². The predicted octanol–water partition coefficient (Wildman–Crippen LogP) is 1.78. The van der Waals surface area contributed by atoms with E-state index >= 15 is 0 Å². The number of carbonyl (C=O) groups excluding carboxylic acids is 1. The maximum atomic E-state index is 11.8. The lowest BCUT2D eigenvalue weighted by molar-refractivity contribution is -0.151. The molecule has 0 atom stereocenters. The first kappa shape index (κ1) is 13.6. The van der Waals surface area contributed by atoms with Crippen LogP contribution < -0.4 is 0 Å². The lowest BCUT2D eigenvalue weighted by atomic mass is 9.89. The Kier molecular flexibility index (Phi) is 3.90. The van der Waals surface area contributed by atoms with Gasteiger partial charge in [-0.3, -0.25) is 4.79 Å². The van der Waals surface area contributed by atoms with Crippen LogP contribution in [0.3, 0.4) is 0 Å². The Morgan fingerprint density at radius 1 is 1.37 bits per heavy atom. The number of β-amino-alcohol motifs (C(OH)–C–C–N with tert-alkyl or cyclic N) is 1. The van der Waals surface area contributed by atoms with Crippen LogP contribution in [0.2, 0.25) is 0 Å². The van der Waals surface area contributed by atoms with Gasteiger partial charge in [-0.05, 0) is 30.2 Å². The van der Waals surface area contributed by atoms with Crippen LogP contribution in [0.25, 0.3) is 6.08 Å². The molecule has 1 aliphatic heterocycles. The highest BCUT2D eigenvalue weighted by Crippen LogP contribution is 2.26. The van der Waals surface area contributed by atoms with Crippen molar-refractivity contribution in [1.29, 1.82) is 0 Å². The van der Waals surface area contributed by atoms with E-state index in [1.54, 1.807) is 35.2 Å². The van der Waals surface area contributed by atoms with Gasteiger partial charge in [0.1, 0.15) is 5.75 Å². The smallest absolute Gasteiger partial charge is 0.246 e. The first-order valence-electron chi connectivity index (χ1n) is 6.51. The zero-order valence-corrected chi connectivity index (χ0v) is 11.0. The molecule has 102 valence electrons. The molecule has 0 aliphatic carbocycles. The van der Waals surface area contributed by atoms with Gasteiger partial charge in [0.15, 0.2) is 0 Å². The molecule has 0 spiro atoms. The molecule has 1 heterocycles. The monoisotopic (exact) mass is 261 g/mol. The summed E-state index contributed by atoms with van der Waals surface area (Å²) >= 11 is 0. The molecule has 1 saturated heterocycles. The molecule has 0 radical (unpaired) electrons. The molecule has 1 aromatic rings. The van der Waals surface area contributed by atoms with E-state index < -0.39 is 5.60 Å². The molecule has 19 heavy (non-hydrogen) atoms. The molecular weight excluding hydrogens is 242 g/mol. The predicted molar refractivity (Wildman–Crippen MR) is 73.6 cm³/mol. The summed E-state index contributed by atoms with van der Waals surface area (Å²) in [6, 6.07) is 6.63. The third-order valence-corrected chi connectivity index (χ3v) is 3.31. The molecule has 2 N–H and O–H groups in total. The third-order valence-electron chi connectivity index (χ3n) is 3.31. The molecule has 0 unspecified atom stereocenters. The lowest BCUT2D eigenvalue weighted by Crippen LogP contribution is -2.63. The number of rotatable bonds is 4. The largest absolute Gasteiger partial charge is 0.508 e. The van der Waals surface area contributed by atoms with Crippen molar-refractivity contribution < 1.29 is 15.0 Å². The number of amides is 1. The molecule has 4 heteroatoms. The van der Waals surface area contributed by atoms with Crippen LogP contribution in [0.1, 0.15) is 25.3 Å². The van der Waals surface area contributed by atoms with Crippen LogP contribution in [0.15, 0.2) is 30.3 Å². The number of phenolic OH excluding ortho intramolecular Hbond substituents is 1. The van der Waals surface area contributed by atoms with Crippen LogP contribution in [0, 0.1) is 0 Å². The van der Waals surface area contributed by atoms with Gasteiger partial charge in [0.05, 0.1) is 18.7 Å². The molecule has 0 saturated carbocycles. The molecule has 0 bridgehead atoms. The lowest BCUT2D eigenvalue weighted by Gasteiger charge is -2.46. The van der Waals surface area contributed by atoms with Gasteiger partial charge >= 0.3 is 0 Å². The maximum absolute atomic E-state index is 11.8. The van der Waals surface area contributed by atoms with Gasteiger partial charge in [-0.25, -0.2) is 0 Å². The molecule has 2 rings (SSSR count). The topological polar surface area (TPSA) is 60.8 Å². The quantitative estimate of drug-likeness (QED) is 0.812. The number of aliphatic hydroxyl groups is 1. The normalized spacial score (nSPS) is 17.5. The summed E-state index contributed by atoms with van der Waals surface area (Å²) in [5.41, 5.74) is 0.173. The SMILES string of the molecule is CCCC1(O)CN(C(=O)C=Cc2ccc(O)cc2)C1. The van der Waals surface area contributed by atoms with Crippen molar-refractivity contribution >= 4 is 12.0 Å². The van der Waals surface area contributed by atoms with Crippen LogP contribution >= 0.6 is 0 Å². The van der Waals surface area contributed by atoms with Crippen molar-refractivity contribution in [2.24, 2.45) is 0 Å². The molecule has 1 aromatic carbocycles. The van der Waals surface area contributed by atoms with E-state index in [0.29, 0.717) is 13.1 Å². The number of hydrogen-bond acceptors (Lipinski definition) is 3. The molecule has 1 fully saturated rings. The highest BCUT2D eigenvalue weighted by molar-refractivity contribution is 5.92. The number of benzene rings is 1. The summed E-state index contributed by atoms with van der Waals surface area (Å²) in [6.07, 6.45) is 4.86. The van der Waals surface area contributed by atoms with Gasteiger partial charge < -0.3 is 15.1 Å². The van der Waals surface area contributed by atoms with E-state index in [1.165, 1.54) is 6.08 Å². The summed E-state index contributed by atoms with van der Waals surface area (Å²) in [6.45, 7) is 2.85. The number of hydrogen-bond donors (Lipinski definition) is 2. The van der Waals surface area contributed by atoms with Gasteiger partial charge in [0.2, 0.25) is 5.91 Å². The average Bonchev–Trinajstić information content (AvgIpc) is 2.35. The molecule has 1 amide bonds. The Balaban J connectivity index is 1.87. The van der Waals surface area contributed by atoms with Crippen LogP contribution in [-0.2, 0) is 4.79 Å². The van der Waals surface area contributed by atoms with E-state index in [1.807, 2.05) is 6.92 Å². The van der Waals surface area contributed by atoms with E-state index in [0.717, 1.165) is 18.4 Å². The number of nitrogens with zero attached hydrogens (tertiary/aromatic N) is 1. The fourth-order valence-electron chi connectivity index (χ4n) is 2.30. The minimum atomic E-state index is -0.684. The second-order valence-corrected chi connectivity index (χ2v) is 5.09. The summed E-state index contributed by atoms with van der Waals surface area (Å²) in [4.78, 5) is 13.5. The zero-order chi connectivity index (χ0) is 13.9. The van der Waals surface area contributed by atoms with E-state index in [-0.39, 0.29) is 11.7 Å². The van der Waals surface area contributed by atoms with E-state index in [4.69, 9.17) is 5.11 Å². The minimum Gasteiger partial charge on any atom is -0.508 e. The van der Waals surface area contributed by atoms with Crippen molar-refractivity contribution in [3.8, 4) is 5.75 Å². The molecule has 4 nitrogen and oxygen atoms in total. The summed E-state index contributed by atoms with van der Waals surface area (Å²) < 4.78 is 0. The summed E-state index contributed by atoms with van der Waals surface area (Å²) in [5.74, 6) is 0.115. The molecule has 0 aromatic heterocycles. The molecule has 1 aliphatic rings. The van der Waals surface area contributed by atoms with Gasteiger partial charge in [0, 0.05) is 6.08 Å². The Morgan fingerprint density at radius 3 is 2.58 bits per heavy atom. The zero-order valence-electron chi connectivity index (χ0n) is 11.0. The Bertz CT molecular complexity index is 473. The van der Waals surface area contributed by atoms with Crippen LogP contribution in [-0.4, -0.2) is 39.7 Å². The van der Waals surface area contributed by atoms with E-state index in [9.17, 15) is 9.90 Å². The first-order valence-corrected chi connectivity index (χ1v) is 6.51. The van der Waals surface area contributed by atoms with Gasteiger partial charge in [-0.15, -0.1) is 0 Å². The van der Waals surface area contributed by atoms with Crippen molar-refractivity contribution in [3.05, 3.63) is 35.9 Å². The van der Waals surface area contributed by atoms with Gasteiger partial charge in [-0.1, -0.05) is 25.5 Å². The van der Waals surface area contributed by atoms with Crippen molar-refractivity contribution in [2.75, 3.05) is 13.1 Å². The second-order valence-electron chi connectivity index (χ2n) is 5.09. The van der Waals surface area contributed by atoms with Crippen molar-refractivity contribution in [1.82, 2.24) is 4.90 Å². The highest BCUT2D eigenvalue weighted by atomic mass is 16.3. The average molecular weight is 261 g/mol. The minimum absolute atomic E-state index is 0.0890. The summed E-state index contributed by atoms with van der Waals surface area (Å²) in [5, 5.41) is 19.1. The van der Waals surface area contributed by atoms with Crippen molar-refractivity contribution in [3.63, 3.8) is 0 Å². The number of aromatic hydroxyl groups is 1. The number of carbonyl (C=O) groups is 1. The van der Waals surface area contributed by atoms with Crippen LogP contribution in [0.4, 0.5) is 0 Å². The van der Waals surface area contributed by atoms with Gasteiger partial charge in [-0.2, -0.15) is 0 Å². The fraction of sp³-hybridized carbons (Fsp3) is 0.400. The Morgan fingerprint density at radius 2 is 2.00 bits per heavy atom. The standard InChI is InChI=1S/C15H19NO3/c1-2-9-15(19)10-16(11-15)14(18)8-5-12-3-6-13(17)7-4-12/h3-8,17,19H,2,9-11H2,1H3. The third kappa shape index (κ3) is 3.35. The van der Waals surface area contributed by atoms with Crippen LogP contribution in [0.5, 0.6) is 5.75 Å². The second kappa shape index (κ2) is 5.45.